The van der Waals surface area contributed by atoms with Crippen LogP contribution in [0.2, 0.25) is 0 Å². The third-order valence-electron chi connectivity index (χ3n) is 4.65. The number of morpholine rings is 1. The van der Waals surface area contributed by atoms with E-state index in [9.17, 15) is 4.79 Å². The molecule has 0 N–H and O–H groups in total. The van der Waals surface area contributed by atoms with E-state index < -0.39 is 0 Å². The van der Waals surface area contributed by atoms with Gasteiger partial charge < -0.3 is 4.74 Å². The molecular formula is C23H23N3O2S. The summed E-state index contributed by atoms with van der Waals surface area (Å²) in [6.07, 6.45) is 5.80. The van der Waals surface area contributed by atoms with E-state index in [0.29, 0.717) is 30.0 Å². The second-order valence-electron chi connectivity index (χ2n) is 6.74. The molecule has 29 heavy (non-hydrogen) atoms. The highest BCUT2D eigenvalue weighted by molar-refractivity contribution is 8.18. The topological polar surface area (TPSA) is 45.1 Å². The normalized spacial score (nSPS) is 21.0. The van der Waals surface area contributed by atoms with E-state index in [1.165, 1.54) is 11.8 Å². The van der Waals surface area contributed by atoms with Gasteiger partial charge in [-0.25, -0.2) is 4.99 Å². The molecule has 2 aromatic rings. The first-order valence-corrected chi connectivity index (χ1v) is 10.5. The van der Waals surface area contributed by atoms with Crippen molar-refractivity contribution in [1.82, 2.24) is 9.80 Å². The average Bonchev–Trinajstić information content (AvgIpc) is 3.05. The van der Waals surface area contributed by atoms with E-state index in [2.05, 4.69) is 4.90 Å². The Morgan fingerprint density at radius 3 is 2.41 bits per heavy atom. The zero-order valence-corrected chi connectivity index (χ0v) is 16.9. The number of nitrogens with zero attached hydrogens (tertiary/aromatic N) is 3. The van der Waals surface area contributed by atoms with Crippen molar-refractivity contribution >= 4 is 34.6 Å². The molecule has 2 aliphatic heterocycles. The minimum Gasteiger partial charge on any atom is -0.379 e. The van der Waals surface area contributed by atoms with E-state index in [4.69, 9.17) is 9.73 Å². The lowest BCUT2D eigenvalue weighted by Gasteiger charge is -2.30. The molecule has 5 nitrogen and oxygen atoms in total. The summed E-state index contributed by atoms with van der Waals surface area (Å²) >= 11 is 1.42. The number of rotatable bonds is 5. The summed E-state index contributed by atoms with van der Waals surface area (Å²) in [6, 6.07) is 19.8. The van der Waals surface area contributed by atoms with E-state index in [0.717, 1.165) is 24.3 Å². The molecule has 0 saturated carbocycles. The summed E-state index contributed by atoms with van der Waals surface area (Å²) in [5, 5.41) is 0.715. The summed E-state index contributed by atoms with van der Waals surface area (Å²) in [5.41, 5.74) is 1.94. The standard InChI is InChI=1S/C23H23N3O2S/c27-22-21(13-7-10-19-8-3-1-4-9-19)29-23(24-20-11-5-2-6-12-20)26(22)18-25-14-16-28-17-15-25/h1-13H,14-18H2/b10-7+,21-13+,24-23?. The van der Waals surface area contributed by atoms with Crippen molar-refractivity contribution in [3.05, 3.63) is 83.3 Å². The van der Waals surface area contributed by atoms with Crippen LogP contribution in [0, 0.1) is 0 Å². The second kappa shape index (κ2) is 9.69. The summed E-state index contributed by atoms with van der Waals surface area (Å²) in [5.74, 6) is -0.00566. The molecule has 0 radical (unpaired) electrons. The number of ether oxygens (including phenoxy) is 1. The Kier molecular flexibility index (Phi) is 6.56. The van der Waals surface area contributed by atoms with Gasteiger partial charge in [-0.15, -0.1) is 0 Å². The molecule has 4 rings (SSSR count). The number of amidine groups is 1. The molecule has 0 aliphatic carbocycles. The van der Waals surface area contributed by atoms with Crippen LogP contribution in [-0.2, 0) is 9.53 Å². The highest BCUT2D eigenvalue weighted by Gasteiger charge is 2.34. The fourth-order valence-electron chi connectivity index (χ4n) is 3.10. The van der Waals surface area contributed by atoms with Crippen LogP contribution in [0.1, 0.15) is 5.56 Å². The third-order valence-corrected chi connectivity index (χ3v) is 5.67. The van der Waals surface area contributed by atoms with Gasteiger partial charge in [-0.1, -0.05) is 60.7 Å². The van der Waals surface area contributed by atoms with Gasteiger partial charge in [-0.2, -0.15) is 0 Å². The van der Waals surface area contributed by atoms with Crippen molar-refractivity contribution in [1.29, 1.82) is 0 Å². The monoisotopic (exact) mass is 405 g/mol. The minimum atomic E-state index is -0.00566. The molecule has 0 atom stereocenters. The fraction of sp³-hybridized carbons (Fsp3) is 0.217. The number of hydrogen-bond donors (Lipinski definition) is 0. The maximum absolute atomic E-state index is 13.1. The highest BCUT2D eigenvalue weighted by atomic mass is 32.2. The SMILES string of the molecule is O=C1/C(=C\C=C\c2ccccc2)SC(=Nc2ccccc2)N1CN1CCOCC1. The van der Waals surface area contributed by atoms with E-state index >= 15 is 0 Å². The first-order valence-electron chi connectivity index (χ1n) is 9.66. The van der Waals surface area contributed by atoms with Crippen molar-refractivity contribution in [2.45, 2.75) is 0 Å². The number of carbonyl (C=O) groups excluding carboxylic acids is 1. The Morgan fingerprint density at radius 1 is 1.00 bits per heavy atom. The van der Waals surface area contributed by atoms with Crippen LogP contribution in [0.15, 0.2) is 82.7 Å². The Balaban J connectivity index is 1.56. The summed E-state index contributed by atoms with van der Waals surface area (Å²) < 4.78 is 5.43. The van der Waals surface area contributed by atoms with E-state index in [-0.39, 0.29) is 5.91 Å². The van der Waals surface area contributed by atoms with Gasteiger partial charge in [0.25, 0.3) is 5.91 Å². The maximum Gasteiger partial charge on any atom is 0.267 e. The molecule has 2 fully saturated rings. The molecule has 2 saturated heterocycles. The van der Waals surface area contributed by atoms with Crippen molar-refractivity contribution in [3.8, 4) is 0 Å². The van der Waals surface area contributed by atoms with Gasteiger partial charge in [0, 0.05) is 13.1 Å². The van der Waals surface area contributed by atoms with Gasteiger partial charge >= 0.3 is 0 Å². The number of thioether (sulfide) groups is 1. The second-order valence-corrected chi connectivity index (χ2v) is 7.75. The largest absolute Gasteiger partial charge is 0.379 e. The molecule has 0 aromatic heterocycles. The molecule has 0 bridgehead atoms. The molecule has 0 spiro atoms. The number of amides is 1. The van der Waals surface area contributed by atoms with Gasteiger partial charge in [0.15, 0.2) is 5.17 Å². The quantitative estimate of drug-likeness (QED) is 0.702. The summed E-state index contributed by atoms with van der Waals surface area (Å²) in [7, 11) is 0. The average molecular weight is 406 g/mol. The van der Waals surface area contributed by atoms with Crippen molar-refractivity contribution < 1.29 is 9.53 Å². The van der Waals surface area contributed by atoms with Crippen molar-refractivity contribution in [2.24, 2.45) is 4.99 Å². The summed E-state index contributed by atoms with van der Waals surface area (Å²) in [4.78, 5) is 22.5. The van der Waals surface area contributed by atoms with E-state index in [1.54, 1.807) is 4.90 Å². The first kappa shape index (κ1) is 19.6. The maximum atomic E-state index is 13.1. The molecule has 2 heterocycles. The minimum absolute atomic E-state index is 0.00566. The molecule has 148 valence electrons. The lowest BCUT2D eigenvalue weighted by atomic mass is 10.2. The smallest absolute Gasteiger partial charge is 0.267 e. The highest BCUT2D eigenvalue weighted by Crippen LogP contribution is 2.33. The number of carbonyl (C=O) groups is 1. The Bertz CT molecular complexity index is 920. The number of hydrogen-bond acceptors (Lipinski definition) is 5. The van der Waals surface area contributed by atoms with Gasteiger partial charge in [-0.3, -0.25) is 14.6 Å². The molecule has 0 unspecified atom stereocenters. The van der Waals surface area contributed by atoms with Crippen LogP contribution >= 0.6 is 11.8 Å². The van der Waals surface area contributed by atoms with Crippen LogP contribution < -0.4 is 0 Å². The Labute approximate surface area is 175 Å². The van der Waals surface area contributed by atoms with Crippen LogP contribution in [0.3, 0.4) is 0 Å². The lowest BCUT2D eigenvalue weighted by molar-refractivity contribution is -0.124. The number of aliphatic imine (C=N–C) groups is 1. The van der Waals surface area contributed by atoms with Crippen molar-refractivity contribution in [2.75, 3.05) is 33.0 Å². The number of para-hydroxylation sites is 1. The lowest BCUT2D eigenvalue weighted by Crippen LogP contribution is -2.45. The Morgan fingerprint density at radius 2 is 1.69 bits per heavy atom. The van der Waals surface area contributed by atoms with Crippen LogP contribution in [-0.4, -0.2) is 53.8 Å². The van der Waals surface area contributed by atoms with Crippen LogP contribution in [0.4, 0.5) is 5.69 Å². The molecule has 6 heteroatoms. The van der Waals surface area contributed by atoms with Gasteiger partial charge in [0.05, 0.1) is 30.5 Å². The Hall–Kier alpha value is -2.67. The fourth-order valence-corrected chi connectivity index (χ4v) is 4.04. The third kappa shape index (κ3) is 5.23. The van der Waals surface area contributed by atoms with Crippen molar-refractivity contribution in [3.63, 3.8) is 0 Å². The van der Waals surface area contributed by atoms with Crippen LogP contribution in [0.25, 0.3) is 6.08 Å². The number of allylic oxidation sites excluding steroid dienone is 2. The number of benzene rings is 2. The van der Waals surface area contributed by atoms with Gasteiger partial charge in [0.1, 0.15) is 0 Å². The molecule has 1 amide bonds. The molecular weight excluding hydrogens is 382 g/mol. The van der Waals surface area contributed by atoms with E-state index in [1.807, 2.05) is 78.9 Å². The van der Waals surface area contributed by atoms with Gasteiger partial charge in [-0.05, 0) is 35.5 Å². The zero-order chi connectivity index (χ0) is 19.9. The van der Waals surface area contributed by atoms with Gasteiger partial charge in [0.2, 0.25) is 0 Å². The van der Waals surface area contributed by atoms with Crippen LogP contribution in [0.5, 0.6) is 0 Å². The predicted molar refractivity (Wildman–Crippen MR) is 119 cm³/mol. The molecule has 2 aromatic carbocycles. The first-order chi connectivity index (χ1) is 14.3. The summed E-state index contributed by atoms with van der Waals surface area (Å²) in [6.45, 7) is 3.56. The molecule has 2 aliphatic rings. The zero-order valence-electron chi connectivity index (χ0n) is 16.1. The predicted octanol–water partition coefficient (Wildman–Crippen LogP) is 4.14.